The molecule has 0 amide bonds. The summed E-state index contributed by atoms with van der Waals surface area (Å²) in [5.74, 6) is 0.666. The second kappa shape index (κ2) is 7.28. The van der Waals surface area contributed by atoms with Gasteiger partial charge in [-0.2, -0.15) is 0 Å². The fourth-order valence-corrected chi connectivity index (χ4v) is 3.55. The summed E-state index contributed by atoms with van der Waals surface area (Å²) in [5.41, 5.74) is 0. The van der Waals surface area contributed by atoms with Crippen LogP contribution in [0.2, 0.25) is 0 Å². The number of nitrogens with one attached hydrogen (secondary N) is 1. The fourth-order valence-electron chi connectivity index (χ4n) is 2.19. The highest BCUT2D eigenvalue weighted by Crippen LogP contribution is 2.17. The van der Waals surface area contributed by atoms with E-state index in [-0.39, 0.29) is 0 Å². The molecule has 0 spiro atoms. The summed E-state index contributed by atoms with van der Waals surface area (Å²) in [4.78, 5) is 0. The number of rotatable bonds is 7. The van der Waals surface area contributed by atoms with E-state index in [1.165, 1.54) is 32.1 Å². The van der Waals surface area contributed by atoms with Crippen LogP contribution in [-0.2, 0) is 9.84 Å². The van der Waals surface area contributed by atoms with Gasteiger partial charge in [0.15, 0.2) is 9.84 Å². The molecule has 4 heteroatoms. The van der Waals surface area contributed by atoms with Gasteiger partial charge in [0.1, 0.15) is 0 Å². The smallest absolute Gasteiger partial charge is 0.151 e. The molecule has 1 N–H and O–H groups in total. The lowest BCUT2D eigenvalue weighted by molar-refractivity contribution is 0.380. The van der Waals surface area contributed by atoms with Crippen molar-refractivity contribution in [3.63, 3.8) is 0 Å². The minimum Gasteiger partial charge on any atom is -0.313 e. The van der Waals surface area contributed by atoms with Crippen molar-refractivity contribution in [2.45, 2.75) is 57.9 Å². The first-order valence-corrected chi connectivity index (χ1v) is 8.40. The van der Waals surface area contributed by atoms with Gasteiger partial charge in [-0.3, -0.25) is 0 Å². The normalized spacial score (nSPS) is 18.8. The van der Waals surface area contributed by atoms with Crippen LogP contribution in [0.4, 0.5) is 0 Å². The van der Waals surface area contributed by atoms with Crippen molar-refractivity contribution in [3.05, 3.63) is 0 Å². The van der Waals surface area contributed by atoms with Gasteiger partial charge >= 0.3 is 0 Å². The van der Waals surface area contributed by atoms with Gasteiger partial charge in [-0.25, -0.2) is 8.42 Å². The molecule has 0 aromatic rings. The summed E-state index contributed by atoms with van der Waals surface area (Å²) in [7, 11) is -2.81. The average molecular weight is 247 g/mol. The standard InChI is InChI=1S/C12H25NO2S/c1-2-3-10-16(14,15)11-9-13-12-7-5-4-6-8-12/h12-13H,2-11H2,1H3. The lowest BCUT2D eigenvalue weighted by Gasteiger charge is -2.22. The summed E-state index contributed by atoms with van der Waals surface area (Å²) >= 11 is 0. The Labute approximate surface area is 99.9 Å². The number of hydrogen-bond acceptors (Lipinski definition) is 3. The van der Waals surface area contributed by atoms with Crippen molar-refractivity contribution in [3.8, 4) is 0 Å². The zero-order valence-electron chi connectivity index (χ0n) is 10.4. The van der Waals surface area contributed by atoms with Crippen LogP contribution >= 0.6 is 0 Å². The minimum absolute atomic E-state index is 0.309. The monoisotopic (exact) mass is 247 g/mol. The van der Waals surface area contributed by atoms with Gasteiger partial charge in [0, 0.05) is 12.6 Å². The third kappa shape index (κ3) is 5.85. The predicted molar refractivity (Wildman–Crippen MR) is 68.4 cm³/mol. The van der Waals surface area contributed by atoms with Crippen LogP contribution in [0.3, 0.4) is 0 Å². The van der Waals surface area contributed by atoms with E-state index in [1.54, 1.807) is 0 Å². The van der Waals surface area contributed by atoms with E-state index in [4.69, 9.17) is 0 Å². The molecule has 3 nitrogen and oxygen atoms in total. The molecule has 1 rings (SSSR count). The van der Waals surface area contributed by atoms with Gasteiger partial charge in [0.25, 0.3) is 0 Å². The van der Waals surface area contributed by atoms with Crippen LogP contribution in [0.5, 0.6) is 0 Å². The number of unbranched alkanes of at least 4 members (excludes halogenated alkanes) is 1. The van der Waals surface area contributed by atoms with Crippen LogP contribution in [0.1, 0.15) is 51.9 Å². The molecule has 0 aromatic carbocycles. The SMILES string of the molecule is CCCCS(=O)(=O)CCNC1CCCCC1. The van der Waals surface area contributed by atoms with Crippen molar-refractivity contribution in [2.24, 2.45) is 0 Å². The van der Waals surface area contributed by atoms with E-state index in [0.717, 1.165) is 12.8 Å². The first kappa shape index (κ1) is 14.0. The lowest BCUT2D eigenvalue weighted by atomic mass is 9.96. The van der Waals surface area contributed by atoms with Crippen molar-refractivity contribution in [1.29, 1.82) is 0 Å². The van der Waals surface area contributed by atoms with Gasteiger partial charge in [-0.1, -0.05) is 32.6 Å². The second-order valence-electron chi connectivity index (χ2n) is 4.79. The minimum atomic E-state index is -2.81. The molecule has 1 saturated carbocycles. The molecule has 1 aliphatic carbocycles. The lowest BCUT2D eigenvalue weighted by Crippen LogP contribution is -2.35. The summed E-state index contributed by atoms with van der Waals surface area (Å²) in [6, 6.07) is 0.565. The van der Waals surface area contributed by atoms with Crippen LogP contribution in [-0.4, -0.2) is 32.5 Å². The molecule has 0 aromatic heterocycles. The second-order valence-corrected chi connectivity index (χ2v) is 7.10. The molecule has 16 heavy (non-hydrogen) atoms. The molecule has 0 bridgehead atoms. The first-order valence-electron chi connectivity index (χ1n) is 6.58. The third-order valence-corrected chi connectivity index (χ3v) is 5.00. The maximum Gasteiger partial charge on any atom is 0.151 e. The van der Waals surface area contributed by atoms with E-state index in [1.807, 2.05) is 6.92 Å². The topological polar surface area (TPSA) is 46.2 Å². The molecule has 96 valence electrons. The Hall–Kier alpha value is -0.0900. The van der Waals surface area contributed by atoms with Crippen LogP contribution < -0.4 is 5.32 Å². The number of sulfone groups is 1. The molecular formula is C12H25NO2S. The van der Waals surface area contributed by atoms with Gasteiger partial charge in [0.2, 0.25) is 0 Å². The predicted octanol–water partition coefficient (Wildman–Crippen LogP) is 2.12. The van der Waals surface area contributed by atoms with Crippen molar-refractivity contribution in [1.82, 2.24) is 5.32 Å². The zero-order chi connectivity index (χ0) is 11.9. The van der Waals surface area contributed by atoms with Crippen LogP contribution in [0, 0.1) is 0 Å². The Balaban J connectivity index is 2.13. The molecule has 1 fully saturated rings. The molecule has 0 saturated heterocycles. The Morgan fingerprint density at radius 1 is 1.12 bits per heavy atom. The largest absolute Gasteiger partial charge is 0.313 e. The van der Waals surface area contributed by atoms with Crippen molar-refractivity contribution < 1.29 is 8.42 Å². The van der Waals surface area contributed by atoms with Crippen molar-refractivity contribution in [2.75, 3.05) is 18.1 Å². The van der Waals surface area contributed by atoms with E-state index < -0.39 is 9.84 Å². The molecule has 0 radical (unpaired) electrons. The molecule has 0 atom stereocenters. The summed E-state index contributed by atoms with van der Waals surface area (Å²) in [6.45, 7) is 2.66. The van der Waals surface area contributed by atoms with E-state index in [2.05, 4.69) is 5.32 Å². The maximum atomic E-state index is 11.6. The third-order valence-electron chi connectivity index (χ3n) is 3.26. The molecule has 0 heterocycles. The molecule has 0 unspecified atom stereocenters. The molecule has 0 aliphatic heterocycles. The van der Waals surface area contributed by atoms with Crippen LogP contribution in [0.25, 0.3) is 0 Å². The average Bonchev–Trinajstić information content (AvgIpc) is 2.28. The summed E-state index contributed by atoms with van der Waals surface area (Å²) in [6.07, 6.45) is 8.11. The first-order chi connectivity index (χ1) is 7.64. The highest BCUT2D eigenvalue weighted by molar-refractivity contribution is 7.91. The summed E-state index contributed by atoms with van der Waals surface area (Å²) in [5, 5.41) is 3.37. The molecular weight excluding hydrogens is 222 g/mol. The van der Waals surface area contributed by atoms with Crippen molar-refractivity contribution >= 4 is 9.84 Å². The maximum absolute atomic E-state index is 11.6. The highest BCUT2D eigenvalue weighted by atomic mass is 32.2. The van der Waals surface area contributed by atoms with E-state index in [0.29, 0.717) is 24.1 Å². The Kier molecular flexibility index (Phi) is 6.36. The zero-order valence-corrected chi connectivity index (χ0v) is 11.2. The fraction of sp³-hybridized carbons (Fsp3) is 1.00. The molecule has 1 aliphatic rings. The Morgan fingerprint density at radius 3 is 2.44 bits per heavy atom. The quantitative estimate of drug-likeness (QED) is 0.749. The highest BCUT2D eigenvalue weighted by Gasteiger charge is 2.14. The van der Waals surface area contributed by atoms with Gasteiger partial charge in [-0.15, -0.1) is 0 Å². The van der Waals surface area contributed by atoms with Gasteiger partial charge in [-0.05, 0) is 19.3 Å². The number of hydrogen-bond donors (Lipinski definition) is 1. The Morgan fingerprint density at radius 2 is 1.81 bits per heavy atom. The van der Waals surface area contributed by atoms with Gasteiger partial charge in [0.05, 0.1) is 11.5 Å². The summed E-state index contributed by atoms with van der Waals surface area (Å²) < 4.78 is 23.2. The van der Waals surface area contributed by atoms with Gasteiger partial charge < -0.3 is 5.32 Å². The Bertz CT molecular complexity index is 269. The van der Waals surface area contributed by atoms with E-state index in [9.17, 15) is 8.42 Å². The van der Waals surface area contributed by atoms with Crippen LogP contribution in [0.15, 0.2) is 0 Å². The van der Waals surface area contributed by atoms with E-state index >= 15 is 0 Å².